The summed E-state index contributed by atoms with van der Waals surface area (Å²) in [5.74, 6) is 0.970. The summed E-state index contributed by atoms with van der Waals surface area (Å²) in [5.41, 5.74) is 2.00. The number of hydrogen-bond acceptors (Lipinski definition) is 3. The average Bonchev–Trinajstić information content (AvgIpc) is 2.60. The van der Waals surface area contributed by atoms with Crippen LogP contribution in [0.2, 0.25) is 0 Å². The SMILES string of the molecule is CCCc1cc2nccc(NC)n2n1. The summed E-state index contributed by atoms with van der Waals surface area (Å²) in [5, 5.41) is 7.55. The summed E-state index contributed by atoms with van der Waals surface area (Å²) in [4.78, 5) is 4.25. The Morgan fingerprint density at radius 3 is 3.07 bits per heavy atom. The molecule has 0 spiro atoms. The second-order valence-electron chi connectivity index (χ2n) is 3.24. The quantitative estimate of drug-likeness (QED) is 0.801. The van der Waals surface area contributed by atoms with E-state index < -0.39 is 0 Å². The van der Waals surface area contributed by atoms with Gasteiger partial charge in [0.2, 0.25) is 0 Å². The van der Waals surface area contributed by atoms with Crippen LogP contribution in [0.4, 0.5) is 5.82 Å². The third-order valence-electron chi connectivity index (χ3n) is 2.17. The molecule has 0 atom stereocenters. The lowest BCUT2D eigenvalue weighted by atomic mass is 10.2. The molecule has 2 aromatic heterocycles. The zero-order chi connectivity index (χ0) is 9.97. The Bertz CT molecular complexity index is 433. The van der Waals surface area contributed by atoms with Crippen molar-refractivity contribution < 1.29 is 0 Å². The first-order valence-corrected chi connectivity index (χ1v) is 4.86. The van der Waals surface area contributed by atoms with Crippen LogP contribution in [0.5, 0.6) is 0 Å². The standard InChI is InChI=1S/C10H14N4/c1-3-4-8-7-10-12-6-5-9(11-2)14(10)13-8/h5-7,11H,3-4H2,1-2H3. The number of aryl methyl sites for hydroxylation is 1. The highest BCUT2D eigenvalue weighted by Crippen LogP contribution is 2.11. The molecule has 2 aromatic rings. The molecule has 74 valence electrons. The topological polar surface area (TPSA) is 42.2 Å². The molecule has 0 saturated heterocycles. The van der Waals surface area contributed by atoms with Gasteiger partial charge in [0.05, 0.1) is 5.69 Å². The van der Waals surface area contributed by atoms with E-state index in [1.54, 1.807) is 6.20 Å². The average molecular weight is 190 g/mol. The van der Waals surface area contributed by atoms with E-state index in [9.17, 15) is 0 Å². The number of fused-ring (bicyclic) bond motifs is 1. The fourth-order valence-electron chi connectivity index (χ4n) is 1.51. The Labute approximate surface area is 83.0 Å². The molecule has 1 N–H and O–H groups in total. The van der Waals surface area contributed by atoms with Crippen molar-refractivity contribution in [3.8, 4) is 0 Å². The highest BCUT2D eigenvalue weighted by atomic mass is 15.3. The molecular formula is C10H14N4. The molecule has 0 aliphatic rings. The highest BCUT2D eigenvalue weighted by Gasteiger charge is 2.03. The van der Waals surface area contributed by atoms with Gasteiger partial charge in [0.15, 0.2) is 5.65 Å². The molecule has 0 amide bonds. The Hall–Kier alpha value is -1.58. The van der Waals surface area contributed by atoms with Crippen LogP contribution in [0.15, 0.2) is 18.3 Å². The van der Waals surface area contributed by atoms with E-state index in [2.05, 4.69) is 22.3 Å². The van der Waals surface area contributed by atoms with Gasteiger partial charge in [-0.05, 0) is 12.5 Å². The maximum atomic E-state index is 4.46. The van der Waals surface area contributed by atoms with Gasteiger partial charge < -0.3 is 5.32 Å². The molecule has 0 bridgehead atoms. The van der Waals surface area contributed by atoms with E-state index in [0.717, 1.165) is 30.0 Å². The molecule has 14 heavy (non-hydrogen) atoms. The number of nitrogens with zero attached hydrogens (tertiary/aromatic N) is 3. The maximum absolute atomic E-state index is 4.46. The molecule has 0 saturated carbocycles. The normalized spacial score (nSPS) is 10.7. The second-order valence-corrected chi connectivity index (χ2v) is 3.24. The van der Waals surface area contributed by atoms with E-state index in [1.807, 2.05) is 23.7 Å². The van der Waals surface area contributed by atoms with Crippen LogP contribution in [-0.2, 0) is 6.42 Å². The second kappa shape index (κ2) is 3.65. The minimum absolute atomic E-state index is 0.903. The van der Waals surface area contributed by atoms with Crippen molar-refractivity contribution in [2.45, 2.75) is 19.8 Å². The molecule has 4 heteroatoms. The Morgan fingerprint density at radius 1 is 1.50 bits per heavy atom. The number of anilines is 1. The van der Waals surface area contributed by atoms with Gasteiger partial charge in [-0.1, -0.05) is 13.3 Å². The summed E-state index contributed by atoms with van der Waals surface area (Å²) < 4.78 is 1.84. The lowest BCUT2D eigenvalue weighted by Gasteiger charge is -2.01. The summed E-state index contributed by atoms with van der Waals surface area (Å²) in [7, 11) is 1.88. The number of nitrogens with one attached hydrogen (secondary N) is 1. The van der Waals surface area contributed by atoms with Crippen LogP contribution in [0.25, 0.3) is 5.65 Å². The van der Waals surface area contributed by atoms with Gasteiger partial charge in [0, 0.05) is 19.3 Å². The fraction of sp³-hybridized carbons (Fsp3) is 0.400. The van der Waals surface area contributed by atoms with E-state index in [0.29, 0.717) is 0 Å². The van der Waals surface area contributed by atoms with E-state index >= 15 is 0 Å². The van der Waals surface area contributed by atoms with Crippen LogP contribution in [-0.4, -0.2) is 21.6 Å². The van der Waals surface area contributed by atoms with Gasteiger partial charge in [-0.3, -0.25) is 0 Å². The first kappa shape index (κ1) is 8.99. The minimum atomic E-state index is 0.903. The summed E-state index contributed by atoms with van der Waals surface area (Å²) in [6.07, 6.45) is 3.91. The van der Waals surface area contributed by atoms with Crippen molar-refractivity contribution in [1.29, 1.82) is 0 Å². The van der Waals surface area contributed by atoms with Gasteiger partial charge in [-0.2, -0.15) is 9.61 Å². The predicted octanol–water partition coefficient (Wildman–Crippen LogP) is 1.72. The Morgan fingerprint density at radius 2 is 2.36 bits per heavy atom. The fourth-order valence-corrected chi connectivity index (χ4v) is 1.51. The van der Waals surface area contributed by atoms with Gasteiger partial charge in [-0.15, -0.1) is 0 Å². The molecule has 0 unspecified atom stereocenters. The van der Waals surface area contributed by atoms with Crippen LogP contribution < -0.4 is 5.32 Å². The molecule has 0 aliphatic heterocycles. The molecule has 2 rings (SSSR count). The molecule has 0 aromatic carbocycles. The molecule has 0 aliphatic carbocycles. The van der Waals surface area contributed by atoms with Crippen molar-refractivity contribution in [3.05, 3.63) is 24.0 Å². The first-order valence-electron chi connectivity index (χ1n) is 4.86. The van der Waals surface area contributed by atoms with Crippen LogP contribution >= 0.6 is 0 Å². The third kappa shape index (κ3) is 1.43. The molecule has 0 fully saturated rings. The zero-order valence-corrected chi connectivity index (χ0v) is 8.49. The van der Waals surface area contributed by atoms with E-state index in [1.165, 1.54) is 0 Å². The van der Waals surface area contributed by atoms with Gasteiger partial charge >= 0.3 is 0 Å². The summed E-state index contributed by atoms with van der Waals surface area (Å²) in [6, 6.07) is 3.94. The first-order chi connectivity index (χ1) is 6.85. The van der Waals surface area contributed by atoms with Crippen molar-refractivity contribution in [1.82, 2.24) is 14.6 Å². The lowest BCUT2D eigenvalue weighted by Crippen LogP contribution is -2.00. The zero-order valence-electron chi connectivity index (χ0n) is 8.49. The maximum Gasteiger partial charge on any atom is 0.157 e. The number of hydrogen-bond donors (Lipinski definition) is 1. The third-order valence-corrected chi connectivity index (χ3v) is 2.17. The summed E-state index contributed by atoms with van der Waals surface area (Å²) >= 11 is 0. The lowest BCUT2D eigenvalue weighted by molar-refractivity contribution is 0.835. The van der Waals surface area contributed by atoms with E-state index in [4.69, 9.17) is 0 Å². The largest absolute Gasteiger partial charge is 0.373 e. The van der Waals surface area contributed by atoms with Gasteiger partial charge in [0.25, 0.3) is 0 Å². The molecular weight excluding hydrogens is 176 g/mol. The predicted molar refractivity (Wildman–Crippen MR) is 56.5 cm³/mol. The van der Waals surface area contributed by atoms with Gasteiger partial charge in [-0.25, -0.2) is 4.98 Å². The van der Waals surface area contributed by atoms with Crippen molar-refractivity contribution in [2.75, 3.05) is 12.4 Å². The smallest absolute Gasteiger partial charge is 0.157 e. The van der Waals surface area contributed by atoms with Crippen molar-refractivity contribution >= 4 is 11.5 Å². The van der Waals surface area contributed by atoms with Crippen LogP contribution in [0, 0.1) is 0 Å². The Balaban J connectivity index is 2.52. The molecule has 0 radical (unpaired) electrons. The number of aromatic nitrogens is 3. The van der Waals surface area contributed by atoms with Crippen LogP contribution in [0.1, 0.15) is 19.0 Å². The van der Waals surface area contributed by atoms with Gasteiger partial charge in [0.1, 0.15) is 5.82 Å². The summed E-state index contributed by atoms with van der Waals surface area (Å²) in [6.45, 7) is 2.15. The van der Waals surface area contributed by atoms with Crippen LogP contribution in [0.3, 0.4) is 0 Å². The van der Waals surface area contributed by atoms with Crippen molar-refractivity contribution in [3.63, 3.8) is 0 Å². The molecule has 4 nitrogen and oxygen atoms in total. The number of rotatable bonds is 3. The van der Waals surface area contributed by atoms with E-state index in [-0.39, 0.29) is 0 Å². The Kier molecular flexibility index (Phi) is 2.35. The highest BCUT2D eigenvalue weighted by molar-refractivity contribution is 5.48. The minimum Gasteiger partial charge on any atom is -0.373 e. The monoisotopic (exact) mass is 190 g/mol. The van der Waals surface area contributed by atoms with Crippen molar-refractivity contribution in [2.24, 2.45) is 0 Å². The molecule has 2 heterocycles.